The van der Waals surface area contributed by atoms with Crippen molar-refractivity contribution in [3.63, 3.8) is 0 Å². The van der Waals surface area contributed by atoms with E-state index < -0.39 is 5.60 Å². The summed E-state index contributed by atoms with van der Waals surface area (Å²) in [5.74, 6) is 2.05. The van der Waals surface area contributed by atoms with Gasteiger partial charge in [0.1, 0.15) is 11.5 Å². The lowest BCUT2D eigenvalue weighted by molar-refractivity contribution is -0.0121. The van der Waals surface area contributed by atoms with Crippen LogP contribution in [-0.4, -0.2) is 24.6 Å². The Morgan fingerprint density at radius 2 is 1.79 bits per heavy atom. The van der Waals surface area contributed by atoms with Gasteiger partial charge in [-0.3, -0.25) is 0 Å². The van der Waals surface area contributed by atoms with Gasteiger partial charge in [0.25, 0.3) is 0 Å². The van der Waals surface area contributed by atoms with Crippen LogP contribution in [-0.2, 0) is 16.0 Å². The summed E-state index contributed by atoms with van der Waals surface area (Å²) in [7, 11) is 0. The molecule has 1 N–H and O–H groups in total. The Labute approximate surface area is 143 Å². The summed E-state index contributed by atoms with van der Waals surface area (Å²) < 4.78 is 6.23. The van der Waals surface area contributed by atoms with Crippen LogP contribution in [0.15, 0.2) is 66.2 Å². The van der Waals surface area contributed by atoms with Gasteiger partial charge in [0, 0.05) is 13.0 Å². The minimum atomic E-state index is -0.478. The number of benzene rings is 2. The maximum Gasteiger partial charge on any atom is 0.126 e. The summed E-state index contributed by atoms with van der Waals surface area (Å²) in [6.07, 6.45) is 1.59. The molecule has 0 amide bonds. The standard InChI is InChI=1S/C21H23NO2/c1-17(19-10-6-3-7-11-19)24-21(14-20(21)15-23)16-22-13-12-18-8-4-2-5-9-18/h2-11,17,22H,12-14,16H2,1H3. The van der Waals surface area contributed by atoms with Gasteiger partial charge in [-0.2, -0.15) is 0 Å². The van der Waals surface area contributed by atoms with Crippen molar-refractivity contribution >= 4 is 5.94 Å². The monoisotopic (exact) mass is 321 g/mol. The van der Waals surface area contributed by atoms with Gasteiger partial charge in [-0.25, -0.2) is 4.79 Å². The molecule has 1 saturated carbocycles. The Kier molecular flexibility index (Phi) is 5.27. The summed E-state index contributed by atoms with van der Waals surface area (Å²) in [6.45, 7) is 3.55. The lowest BCUT2D eigenvalue weighted by Gasteiger charge is -2.22. The Morgan fingerprint density at radius 3 is 2.42 bits per heavy atom. The number of hydrogen-bond donors (Lipinski definition) is 1. The molecule has 0 spiro atoms. The fraction of sp³-hybridized carbons (Fsp3) is 0.333. The molecule has 1 aliphatic carbocycles. The molecule has 3 heteroatoms. The quantitative estimate of drug-likeness (QED) is 0.597. The van der Waals surface area contributed by atoms with Gasteiger partial charge in [-0.15, -0.1) is 0 Å². The normalized spacial score (nSPS) is 20.5. The summed E-state index contributed by atoms with van der Waals surface area (Å²) in [5, 5.41) is 3.43. The fourth-order valence-electron chi connectivity index (χ4n) is 2.99. The number of hydrogen-bond acceptors (Lipinski definition) is 3. The first-order valence-electron chi connectivity index (χ1n) is 8.45. The van der Waals surface area contributed by atoms with Gasteiger partial charge < -0.3 is 10.1 Å². The van der Waals surface area contributed by atoms with Crippen LogP contribution in [0.3, 0.4) is 0 Å². The number of nitrogens with one attached hydrogen (secondary N) is 1. The Hall–Kier alpha value is -2.19. The average Bonchev–Trinajstić information content (AvgIpc) is 3.33. The minimum absolute atomic E-state index is 0.0482. The molecule has 124 valence electrons. The third-order valence-corrected chi connectivity index (χ3v) is 4.53. The summed E-state index contributed by atoms with van der Waals surface area (Å²) in [6, 6.07) is 20.5. The zero-order valence-electron chi connectivity index (χ0n) is 14.0. The van der Waals surface area contributed by atoms with Gasteiger partial charge in [-0.1, -0.05) is 60.7 Å². The molecule has 1 aliphatic rings. The average molecular weight is 321 g/mol. The van der Waals surface area contributed by atoms with Crippen LogP contribution in [0.5, 0.6) is 0 Å². The molecule has 0 bridgehead atoms. The molecule has 0 heterocycles. The second-order valence-corrected chi connectivity index (χ2v) is 6.33. The van der Waals surface area contributed by atoms with E-state index in [1.807, 2.05) is 49.3 Å². The molecule has 2 atom stereocenters. The number of carbonyl (C=O) groups excluding carboxylic acids is 1. The molecule has 2 unspecified atom stereocenters. The summed E-state index contributed by atoms with van der Waals surface area (Å²) >= 11 is 0. The molecule has 0 aromatic heterocycles. The van der Waals surface area contributed by atoms with E-state index in [2.05, 4.69) is 29.6 Å². The van der Waals surface area contributed by atoms with Crippen LogP contribution in [0.4, 0.5) is 0 Å². The topological polar surface area (TPSA) is 38.3 Å². The highest BCUT2D eigenvalue weighted by atomic mass is 16.5. The van der Waals surface area contributed by atoms with E-state index >= 15 is 0 Å². The SMILES string of the molecule is CC(OC1(CNCCc2ccccc2)CC1=C=O)c1ccccc1. The largest absolute Gasteiger partial charge is 0.361 e. The van der Waals surface area contributed by atoms with E-state index in [4.69, 9.17) is 4.74 Å². The van der Waals surface area contributed by atoms with Crippen molar-refractivity contribution in [3.05, 3.63) is 77.4 Å². The highest BCUT2D eigenvalue weighted by Crippen LogP contribution is 2.46. The van der Waals surface area contributed by atoms with Crippen molar-refractivity contribution in [1.82, 2.24) is 5.32 Å². The molecule has 1 fully saturated rings. The van der Waals surface area contributed by atoms with E-state index in [9.17, 15) is 4.79 Å². The van der Waals surface area contributed by atoms with Crippen LogP contribution in [0.1, 0.15) is 30.6 Å². The van der Waals surface area contributed by atoms with Gasteiger partial charge in [0.2, 0.25) is 0 Å². The van der Waals surface area contributed by atoms with Crippen molar-refractivity contribution in [1.29, 1.82) is 0 Å². The second-order valence-electron chi connectivity index (χ2n) is 6.33. The third kappa shape index (κ3) is 4.01. The van der Waals surface area contributed by atoms with E-state index in [1.165, 1.54) is 5.56 Å². The lowest BCUT2D eigenvalue weighted by atomic mass is 10.1. The van der Waals surface area contributed by atoms with Crippen LogP contribution in [0.2, 0.25) is 0 Å². The Morgan fingerprint density at radius 1 is 1.12 bits per heavy atom. The van der Waals surface area contributed by atoms with Gasteiger partial charge in [0.15, 0.2) is 0 Å². The highest BCUT2D eigenvalue weighted by Gasteiger charge is 2.52. The van der Waals surface area contributed by atoms with E-state index in [0.29, 0.717) is 13.0 Å². The first-order chi connectivity index (χ1) is 11.7. The second kappa shape index (κ2) is 7.59. The van der Waals surface area contributed by atoms with Crippen LogP contribution >= 0.6 is 0 Å². The Bertz CT molecular complexity index is 707. The molecule has 3 rings (SSSR count). The molecule has 0 aliphatic heterocycles. The summed E-state index contributed by atoms with van der Waals surface area (Å²) in [5.41, 5.74) is 2.68. The predicted octanol–water partition coefficient (Wildman–Crippen LogP) is 3.50. The van der Waals surface area contributed by atoms with Crippen LogP contribution in [0.25, 0.3) is 0 Å². The first-order valence-corrected chi connectivity index (χ1v) is 8.45. The van der Waals surface area contributed by atoms with Gasteiger partial charge in [0.05, 0.1) is 11.7 Å². The smallest absolute Gasteiger partial charge is 0.126 e. The maximum atomic E-state index is 11.1. The van der Waals surface area contributed by atoms with Crippen molar-refractivity contribution in [2.24, 2.45) is 0 Å². The number of rotatable bonds is 8. The van der Waals surface area contributed by atoms with Crippen LogP contribution in [0, 0.1) is 0 Å². The van der Waals surface area contributed by atoms with Gasteiger partial charge in [-0.05, 0) is 31.0 Å². The highest BCUT2D eigenvalue weighted by molar-refractivity contribution is 5.65. The number of ether oxygens (including phenoxy) is 1. The minimum Gasteiger partial charge on any atom is -0.361 e. The zero-order chi connectivity index (χ0) is 16.8. The zero-order valence-corrected chi connectivity index (χ0v) is 14.0. The fourth-order valence-corrected chi connectivity index (χ4v) is 2.99. The molecule has 2 aromatic rings. The first kappa shape index (κ1) is 16.7. The van der Waals surface area contributed by atoms with Crippen molar-refractivity contribution in [2.75, 3.05) is 13.1 Å². The molecule has 3 nitrogen and oxygen atoms in total. The van der Waals surface area contributed by atoms with E-state index in [-0.39, 0.29) is 6.10 Å². The maximum absolute atomic E-state index is 11.1. The third-order valence-electron chi connectivity index (χ3n) is 4.53. The Balaban J connectivity index is 1.54. The predicted molar refractivity (Wildman–Crippen MR) is 95.5 cm³/mol. The van der Waals surface area contributed by atoms with Crippen LogP contribution < -0.4 is 5.32 Å². The van der Waals surface area contributed by atoms with Crippen molar-refractivity contribution < 1.29 is 9.53 Å². The molecular formula is C21H23NO2. The molecular weight excluding hydrogens is 298 g/mol. The molecule has 0 saturated heterocycles. The lowest BCUT2D eigenvalue weighted by Crippen LogP contribution is -2.33. The van der Waals surface area contributed by atoms with E-state index in [1.54, 1.807) is 0 Å². The van der Waals surface area contributed by atoms with Crippen molar-refractivity contribution in [2.45, 2.75) is 31.5 Å². The van der Waals surface area contributed by atoms with Crippen molar-refractivity contribution in [3.8, 4) is 0 Å². The molecule has 0 radical (unpaired) electrons. The molecule has 2 aromatic carbocycles. The molecule has 24 heavy (non-hydrogen) atoms. The van der Waals surface area contributed by atoms with E-state index in [0.717, 1.165) is 24.1 Å². The van der Waals surface area contributed by atoms with Gasteiger partial charge >= 0.3 is 0 Å². The summed E-state index contributed by atoms with van der Waals surface area (Å²) in [4.78, 5) is 11.1.